The molecule has 1 heteroatoms. The molecule has 1 aliphatic heterocycles. The Morgan fingerprint density at radius 3 is 2.36 bits per heavy atom. The Hall–Kier alpha value is -1.08. The van der Waals surface area contributed by atoms with E-state index in [2.05, 4.69) is 76.8 Å². The van der Waals surface area contributed by atoms with Crippen molar-refractivity contribution >= 4 is 6.08 Å². The number of rotatable bonds is 3. The van der Waals surface area contributed by atoms with E-state index in [0.717, 1.165) is 6.54 Å². The standard InChI is InChI=1S/C21H33N/c1-17(15-22-13-7-12-21(5,6)16-22)14-18-8-10-19(11-9-18)20(2,3)4/h8-11,14H,7,12-13,15-16H2,1-6H3. The summed E-state index contributed by atoms with van der Waals surface area (Å²) in [5, 5.41) is 0. The molecule has 1 aromatic carbocycles. The van der Waals surface area contributed by atoms with Crippen molar-refractivity contribution < 1.29 is 0 Å². The van der Waals surface area contributed by atoms with Gasteiger partial charge in [-0.2, -0.15) is 0 Å². The Morgan fingerprint density at radius 2 is 1.82 bits per heavy atom. The first kappa shape index (κ1) is 17.3. The molecule has 2 rings (SSSR count). The van der Waals surface area contributed by atoms with E-state index in [-0.39, 0.29) is 5.41 Å². The molecule has 0 unspecified atom stereocenters. The molecule has 0 aromatic heterocycles. The Labute approximate surface area is 137 Å². The zero-order valence-electron chi connectivity index (χ0n) is 15.4. The second kappa shape index (κ2) is 6.58. The van der Waals surface area contributed by atoms with Crippen LogP contribution in [0.4, 0.5) is 0 Å². The molecule has 0 aliphatic carbocycles. The number of likely N-dealkylation sites (tertiary alicyclic amines) is 1. The summed E-state index contributed by atoms with van der Waals surface area (Å²) in [6.07, 6.45) is 5.04. The van der Waals surface area contributed by atoms with Gasteiger partial charge >= 0.3 is 0 Å². The second-order valence-corrected chi connectivity index (χ2v) is 8.84. The largest absolute Gasteiger partial charge is 0.299 e. The molecular formula is C21H33N. The van der Waals surface area contributed by atoms with Crippen molar-refractivity contribution in [3.8, 4) is 0 Å². The summed E-state index contributed by atoms with van der Waals surface area (Å²) in [6, 6.07) is 9.04. The van der Waals surface area contributed by atoms with Crippen LogP contribution in [0.15, 0.2) is 29.8 Å². The highest BCUT2D eigenvalue weighted by molar-refractivity contribution is 5.53. The first-order chi connectivity index (χ1) is 10.2. The summed E-state index contributed by atoms with van der Waals surface area (Å²) in [7, 11) is 0. The van der Waals surface area contributed by atoms with Crippen molar-refractivity contribution in [1.29, 1.82) is 0 Å². The van der Waals surface area contributed by atoms with Crippen LogP contribution >= 0.6 is 0 Å². The molecule has 0 radical (unpaired) electrons. The maximum Gasteiger partial charge on any atom is 0.0193 e. The first-order valence-corrected chi connectivity index (χ1v) is 8.66. The molecule has 1 aromatic rings. The first-order valence-electron chi connectivity index (χ1n) is 8.66. The van der Waals surface area contributed by atoms with E-state index < -0.39 is 0 Å². The summed E-state index contributed by atoms with van der Waals surface area (Å²) in [5.41, 5.74) is 4.90. The minimum atomic E-state index is 0.233. The maximum absolute atomic E-state index is 2.61. The third-order valence-corrected chi connectivity index (χ3v) is 4.64. The van der Waals surface area contributed by atoms with Crippen molar-refractivity contribution in [3.05, 3.63) is 41.0 Å². The van der Waals surface area contributed by atoms with Gasteiger partial charge in [0.2, 0.25) is 0 Å². The summed E-state index contributed by atoms with van der Waals surface area (Å²) in [6.45, 7) is 17.4. The fourth-order valence-electron chi connectivity index (χ4n) is 3.44. The SMILES string of the molecule is CC(=Cc1ccc(C(C)(C)C)cc1)CN1CCCC(C)(C)C1. The number of hydrogen-bond acceptors (Lipinski definition) is 1. The maximum atomic E-state index is 2.61. The zero-order valence-corrected chi connectivity index (χ0v) is 15.4. The van der Waals surface area contributed by atoms with Crippen LogP contribution in [-0.2, 0) is 5.41 Å². The highest BCUT2D eigenvalue weighted by Crippen LogP contribution is 2.29. The van der Waals surface area contributed by atoms with Gasteiger partial charge in [-0.25, -0.2) is 0 Å². The molecule has 0 amide bonds. The van der Waals surface area contributed by atoms with E-state index >= 15 is 0 Å². The van der Waals surface area contributed by atoms with Crippen molar-refractivity contribution in [3.63, 3.8) is 0 Å². The predicted octanol–water partition coefficient (Wildman–Crippen LogP) is 5.51. The number of piperidine rings is 1. The molecule has 1 fully saturated rings. The Kier molecular flexibility index (Phi) is 5.17. The molecule has 122 valence electrons. The minimum absolute atomic E-state index is 0.233. The number of nitrogens with zero attached hydrogens (tertiary/aromatic N) is 1. The fourth-order valence-corrected chi connectivity index (χ4v) is 3.44. The molecule has 1 saturated heterocycles. The van der Waals surface area contributed by atoms with Crippen LogP contribution in [0.5, 0.6) is 0 Å². The van der Waals surface area contributed by atoms with Crippen LogP contribution in [-0.4, -0.2) is 24.5 Å². The average molecular weight is 300 g/mol. The molecule has 1 heterocycles. The van der Waals surface area contributed by atoms with Crippen molar-refractivity contribution in [2.24, 2.45) is 5.41 Å². The molecule has 1 nitrogen and oxygen atoms in total. The van der Waals surface area contributed by atoms with Gasteiger partial charge in [0.1, 0.15) is 0 Å². The van der Waals surface area contributed by atoms with Crippen LogP contribution in [0, 0.1) is 5.41 Å². The van der Waals surface area contributed by atoms with Crippen LogP contribution < -0.4 is 0 Å². The molecule has 0 atom stereocenters. The van der Waals surface area contributed by atoms with Crippen molar-refractivity contribution in [2.45, 2.75) is 59.8 Å². The second-order valence-electron chi connectivity index (χ2n) is 8.84. The van der Waals surface area contributed by atoms with Gasteiger partial charge in [-0.05, 0) is 48.3 Å². The molecular weight excluding hydrogens is 266 g/mol. The van der Waals surface area contributed by atoms with E-state index in [1.807, 2.05) is 0 Å². The molecule has 1 aliphatic rings. The van der Waals surface area contributed by atoms with E-state index in [0.29, 0.717) is 5.41 Å². The molecule has 0 bridgehead atoms. The predicted molar refractivity (Wildman–Crippen MR) is 98.2 cm³/mol. The summed E-state index contributed by atoms with van der Waals surface area (Å²) in [5.74, 6) is 0. The summed E-state index contributed by atoms with van der Waals surface area (Å²) in [4.78, 5) is 2.61. The van der Waals surface area contributed by atoms with Gasteiger partial charge in [0, 0.05) is 13.1 Å². The van der Waals surface area contributed by atoms with Crippen LogP contribution in [0.1, 0.15) is 65.5 Å². The lowest BCUT2D eigenvalue weighted by molar-refractivity contribution is 0.127. The lowest BCUT2D eigenvalue weighted by atomic mass is 9.84. The quantitative estimate of drug-likeness (QED) is 0.711. The van der Waals surface area contributed by atoms with Gasteiger partial charge in [-0.1, -0.05) is 70.5 Å². The fraction of sp³-hybridized carbons (Fsp3) is 0.619. The highest BCUT2D eigenvalue weighted by Gasteiger charge is 2.25. The third kappa shape index (κ3) is 4.98. The molecule has 0 N–H and O–H groups in total. The Morgan fingerprint density at radius 1 is 1.18 bits per heavy atom. The van der Waals surface area contributed by atoms with Gasteiger partial charge in [0.05, 0.1) is 0 Å². The Bertz CT molecular complexity index is 514. The van der Waals surface area contributed by atoms with Gasteiger partial charge in [-0.3, -0.25) is 4.90 Å². The summed E-state index contributed by atoms with van der Waals surface area (Å²) >= 11 is 0. The normalized spacial score (nSPS) is 20.2. The smallest absolute Gasteiger partial charge is 0.0193 e. The topological polar surface area (TPSA) is 3.24 Å². The van der Waals surface area contributed by atoms with Gasteiger partial charge in [0.15, 0.2) is 0 Å². The van der Waals surface area contributed by atoms with E-state index in [9.17, 15) is 0 Å². The summed E-state index contributed by atoms with van der Waals surface area (Å²) < 4.78 is 0. The van der Waals surface area contributed by atoms with Crippen LogP contribution in [0.25, 0.3) is 6.08 Å². The van der Waals surface area contributed by atoms with E-state index in [4.69, 9.17) is 0 Å². The van der Waals surface area contributed by atoms with E-state index in [1.165, 1.54) is 42.6 Å². The zero-order chi connectivity index (χ0) is 16.4. The van der Waals surface area contributed by atoms with Gasteiger partial charge in [-0.15, -0.1) is 0 Å². The van der Waals surface area contributed by atoms with Crippen molar-refractivity contribution in [1.82, 2.24) is 4.90 Å². The number of benzene rings is 1. The lowest BCUT2D eigenvalue weighted by Gasteiger charge is -2.38. The average Bonchev–Trinajstić information content (AvgIpc) is 2.36. The highest BCUT2D eigenvalue weighted by atomic mass is 15.1. The van der Waals surface area contributed by atoms with Gasteiger partial charge in [0.25, 0.3) is 0 Å². The third-order valence-electron chi connectivity index (χ3n) is 4.64. The number of hydrogen-bond donors (Lipinski definition) is 0. The Balaban J connectivity index is 2.00. The monoisotopic (exact) mass is 299 g/mol. The van der Waals surface area contributed by atoms with Crippen LogP contribution in [0.2, 0.25) is 0 Å². The minimum Gasteiger partial charge on any atom is -0.299 e. The molecule has 22 heavy (non-hydrogen) atoms. The molecule has 0 spiro atoms. The van der Waals surface area contributed by atoms with E-state index in [1.54, 1.807) is 0 Å². The molecule has 0 saturated carbocycles. The van der Waals surface area contributed by atoms with Crippen molar-refractivity contribution in [2.75, 3.05) is 19.6 Å². The van der Waals surface area contributed by atoms with Gasteiger partial charge < -0.3 is 0 Å². The lowest BCUT2D eigenvalue weighted by Crippen LogP contribution is -2.40. The van der Waals surface area contributed by atoms with Crippen LogP contribution in [0.3, 0.4) is 0 Å².